The predicted molar refractivity (Wildman–Crippen MR) is 112 cm³/mol. The SMILES string of the molecule is CCC1(c2ccccc2)NC(=O)N(CC(=O)Nc2nc3c(C)cccc3s2)C1=O. The van der Waals surface area contributed by atoms with Crippen molar-refractivity contribution < 1.29 is 14.4 Å². The fraction of sp³-hybridized carbons (Fsp3) is 0.238. The molecule has 2 aromatic carbocycles. The molecule has 4 rings (SSSR count). The maximum Gasteiger partial charge on any atom is 0.325 e. The summed E-state index contributed by atoms with van der Waals surface area (Å²) < 4.78 is 0.962. The fourth-order valence-corrected chi connectivity index (χ4v) is 4.53. The van der Waals surface area contributed by atoms with Gasteiger partial charge in [0.05, 0.1) is 10.2 Å². The Morgan fingerprint density at radius 2 is 1.93 bits per heavy atom. The minimum atomic E-state index is -1.15. The minimum absolute atomic E-state index is 0.367. The lowest BCUT2D eigenvalue weighted by molar-refractivity contribution is -0.134. The molecule has 0 bridgehead atoms. The number of amides is 4. The number of thiazole rings is 1. The Labute approximate surface area is 171 Å². The van der Waals surface area contributed by atoms with Crippen molar-refractivity contribution in [3.63, 3.8) is 0 Å². The van der Waals surface area contributed by atoms with E-state index in [9.17, 15) is 14.4 Å². The molecule has 148 valence electrons. The van der Waals surface area contributed by atoms with Gasteiger partial charge in [0.1, 0.15) is 12.1 Å². The first-order valence-corrected chi connectivity index (χ1v) is 10.1. The molecule has 0 spiro atoms. The van der Waals surface area contributed by atoms with Crippen molar-refractivity contribution in [2.45, 2.75) is 25.8 Å². The summed E-state index contributed by atoms with van der Waals surface area (Å²) in [7, 11) is 0. The molecular weight excluding hydrogens is 388 g/mol. The van der Waals surface area contributed by atoms with Gasteiger partial charge in [-0.25, -0.2) is 9.78 Å². The highest BCUT2D eigenvalue weighted by Gasteiger charge is 2.51. The number of aryl methyl sites for hydroxylation is 1. The van der Waals surface area contributed by atoms with Crippen molar-refractivity contribution in [2.24, 2.45) is 0 Å². The van der Waals surface area contributed by atoms with E-state index in [4.69, 9.17) is 0 Å². The monoisotopic (exact) mass is 408 g/mol. The van der Waals surface area contributed by atoms with Crippen LogP contribution in [0.2, 0.25) is 0 Å². The average Bonchev–Trinajstić information content (AvgIpc) is 3.23. The summed E-state index contributed by atoms with van der Waals surface area (Å²) in [5.41, 5.74) is 1.40. The molecule has 29 heavy (non-hydrogen) atoms. The van der Waals surface area contributed by atoms with Gasteiger partial charge in [-0.05, 0) is 30.5 Å². The van der Waals surface area contributed by atoms with Crippen molar-refractivity contribution in [3.05, 3.63) is 59.7 Å². The van der Waals surface area contributed by atoms with Crippen molar-refractivity contribution >= 4 is 44.5 Å². The molecule has 1 saturated heterocycles. The number of para-hydroxylation sites is 1. The van der Waals surface area contributed by atoms with Gasteiger partial charge in [-0.3, -0.25) is 14.5 Å². The first-order valence-electron chi connectivity index (χ1n) is 9.30. The summed E-state index contributed by atoms with van der Waals surface area (Å²) in [4.78, 5) is 43.5. The Hall–Kier alpha value is -3.26. The lowest BCUT2D eigenvalue weighted by Gasteiger charge is -2.25. The van der Waals surface area contributed by atoms with E-state index in [0.717, 1.165) is 20.7 Å². The molecule has 1 aliphatic heterocycles. The lowest BCUT2D eigenvalue weighted by atomic mass is 9.87. The maximum atomic E-state index is 13.1. The van der Waals surface area contributed by atoms with Crippen molar-refractivity contribution in [2.75, 3.05) is 11.9 Å². The number of urea groups is 1. The van der Waals surface area contributed by atoms with Crippen LogP contribution >= 0.6 is 11.3 Å². The molecule has 2 N–H and O–H groups in total. The zero-order valence-corrected chi connectivity index (χ0v) is 16.9. The lowest BCUT2D eigenvalue weighted by Crippen LogP contribution is -2.44. The van der Waals surface area contributed by atoms with Gasteiger partial charge in [0.2, 0.25) is 5.91 Å². The number of nitrogens with one attached hydrogen (secondary N) is 2. The number of carbonyl (C=O) groups excluding carboxylic acids is 3. The standard InChI is InChI=1S/C21H20N4O3S/c1-3-21(14-9-5-4-6-10-14)18(27)25(20(28)24-21)12-16(26)22-19-23-17-13(2)8-7-11-15(17)29-19/h4-11H,3,12H2,1-2H3,(H,24,28)(H,22,23,26). The van der Waals surface area contributed by atoms with Gasteiger partial charge in [-0.15, -0.1) is 0 Å². The van der Waals surface area contributed by atoms with Gasteiger partial charge in [-0.1, -0.05) is 60.7 Å². The van der Waals surface area contributed by atoms with Crippen molar-refractivity contribution in [1.82, 2.24) is 15.2 Å². The Kier molecular flexibility index (Phi) is 4.79. The van der Waals surface area contributed by atoms with E-state index < -0.39 is 23.4 Å². The normalized spacial score (nSPS) is 18.9. The summed E-state index contributed by atoms with van der Waals surface area (Å²) in [5.74, 6) is -0.892. The van der Waals surface area contributed by atoms with Crippen LogP contribution in [0.25, 0.3) is 10.2 Å². The van der Waals surface area contributed by atoms with Crippen LogP contribution in [0, 0.1) is 6.92 Å². The summed E-state index contributed by atoms with van der Waals surface area (Å²) >= 11 is 1.35. The second kappa shape index (κ2) is 7.29. The van der Waals surface area contributed by atoms with Crippen LogP contribution in [0.15, 0.2) is 48.5 Å². The van der Waals surface area contributed by atoms with Crippen LogP contribution in [0.5, 0.6) is 0 Å². The summed E-state index contributed by atoms with van der Waals surface area (Å²) in [5, 5.41) is 5.92. The molecule has 0 aliphatic carbocycles. The Morgan fingerprint density at radius 1 is 1.17 bits per heavy atom. The Balaban J connectivity index is 1.52. The molecule has 2 heterocycles. The van der Waals surface area contributed by atoms with Gasteiger partial charge < -0.3 is 10.6 Å². The molecular formula is C21H20N4O3S. The molecule has 3 aromatic rings. The van der Waals surface area contributed by atoms with Crippen LogP contribution in [0.4, 0.5) is 9.93 Å². The van der Waals surface area contributed by atoms with E-state index in [2.05, 4.69) is 15.6 Å². The minimum Gasteiger partial charge on any atom is -0.319 e. The molecule has 1 unspecified atom stereocenters. The number of carbonyl (C=O) groups is 3. The first kappa shape index (κ1) is 19.1. The summed E-state index contributed by atoms with van der Waals surface area (Å²) in [6.45, 7) is 3.42. The number of aromatic nitrogens is 1. The zero-order valence-electron chi connectivity index (χ0n) is 16.1. The third-order valence-electron chi connectivity index (χ3n) is 5.14. The van der Waals surface area contributed by atoms with Crippen LogP contribution in [0.3, 0.4) is 0 Å². The van der Waals surface area contributed by atoms with Gasteiger partial charge >= 0.3 is 6.03 Å². The van der Waals surface area contributed by atoms with E-state index in [0.29, 0.717) is 17.1 Å². The van der Waals surface area contributed by atoms with Gasteiger partial charge in [0.15, 0.2) is 5.13 Å². The first-order chi connectivity index (χ1) is 13.9. The smallest absolute Gasteiger partial charge is 0.319 e. The molecule has 4 amide bonds. The molecule has 0 radical (unpaired) electrons. The van der Waals surface area contributed by atoms with Crippen LogP contribution < -0.4 is 10.6 Å². The Morgan fingerprint density at radius 3 is 2.62 bits per heavy atom. The van der Waals surface area contributed by atoms with Crippen molar-refractivity contribution in [3.8, 4) is 0 Å². The maximum absolute atomic E-state index is 13.1. The number of anilines is 1. The highest BCUT2D eigenvalue weighted by Crippen LogP contribution is 2.32. The predicted octanol–water partition coefficient (Wildman–Crippen LogP) is 3.40. The number of fused-ring (bicyclic) bond motifs is 1. The third-order valence-corrected chi connectivity index (χ3v) is 6.08. The number of hydrogen-bond donors (Lipinski definition) is 2. The van der Waals surface area contributed by atoms with Crippen LogP contribution in [0.1, 0.15) is 24.5 Å². The molecule has 1 atom stereocenters. The number of nitrogens with zero attached hydrogens (tertiary/aromatic N) is 2. The average molecular weight is 408 g/mol. The molecule has 7 nitrogen and oxygen atoms in total. The number of hydrogen-bond acceptors (Lipinski definition) is 5. The van der Waals surface area contributed by atoms with Crippen LogP contribution in [-0.4, -0.2) is 34.3 Å². The van der Waals surface area contributed by atoms with E-state index in [-0.39, 0.29) is 6.54 Å². The van der Waals surface area contributed by atoms with Crippen LogP contribution in [-0.2, 0) is 15.1 Å². The topological polar surface area (TPSA) is 91.4 Å². The van der Waals surface area contributed by atoms with Gasteiger partial charge in [0.25, 0.3) is 5.91 Å². The fourth-order valence-electron chi connectivity index (χ4n) is 3.57. The van der Waals surface area contributed by atoms with Gasteiger partial charge in [0, 0.05) is 0 Å². The quantitative estimate of drug-likeness (QED) is 0.633. The van der Waals surface area contributed by atoms with Gasteiger partial charge in [-0.2, -0.15) is 0 Å². The Bertz CT molecular complexity index is 1110. The third kappa shape index (κ3) is 3.25. The molecule has 0 saturated carbocycles. The highest BCUT2D eigenvalue weighted by molar-refractivity contribution is 7.22. The molecule has 8 heteroatoms. The zero-order chi connectivity index (χ0) is 20.6. The largest absolute Gasteiger partial charge is 0.325 e. The highest BCUT2D eigenvalue weighted by atomic mass is 32.1. The molecule has 1 aliphatic rings. The van der Waals surface area contributed by atoms with E-state index >= 15 is 0 Å². The molecule has 1 fully saturated rings. The second-order valence-electron chi connectivity index (χ2n) is 6.94. The number of benzene rings is 2. The van der Waals surface area contributed by atoms with E-state index in [1.165, 1.54) is 11.3 Å². The van der Waals surface area contributed by atoms with Crippen molar-refractivity contribution in [1.29, 1.82) is 0 Å². The van der Waals surface area contributed by atoms with E-state index in [1.54, 1.807) is 12.1 Å². The summed E-state index contributed by atoms with van der Waals surface area (Å²) in [6.07, 6.45) is 0.386. The van der Waals surface area contributed by atoms with E-state index in [1.807, 2.05) is 50.2 Å². The summed E-state index contributed by atoms with van der Waals surface area (Å²) in [6, 6.07) is 14.3. The molecule has 1 aromatic heterocycles. The second-order valence-corrected chi connectivity index (χ2v) is 7.97. The number of rotatable bonds is 5. The number of imide groups is 1.